The predicted octanol–water partition coefficient (Wildman–Crippen LogP) is 0.786. The minimum absolute atomic E-state index is 0.408. The molecule has 5 atom stereocenters. The third-order valence-corrected chi connectivity index (χ3v) is 2.81. The highest BCUT2D eigenvalue weighted by atomic mass is 19.1. The molecule has 1 fully saturated rings. The highest BCUT2D eigenvalue weighted by Crippen LogP contribution is 2.29. The van der Waals surface area contributed by atoms with Crippen LogP contribution >= 0.6 is 0 Å². The first-order chi connectivity index (χ1) is 10.8. The van der Waals surface area contributed by atoms with Gasteiger partial charge in [0.05, 0.1) is 0 Å². The lowest BCUT2D eigenvalue weighted by Crippen LogP contribution is -2.59. The summed E-state index contributed by atoms with van der Waals surface area (Å²) in [5, 5.41) is 3.12. The van der Waals surface area contributed by atoms with Gasteiger partial charge in [-0.25, -0.2) is 4.39 Å². The maximum absolute atomic E-state index is 14.4. The molecule has 0 aromatic carbocycles. The molecule has 0 amide bonds. The zero-order valence-corrected chi connectivity index (χ0v) is 12.7. The number of hydrogen-bond acceptors (Lipinski definition) is 8. The third kappa shape index (κ3) is 5.38. The zero-order chi connectivity index (χ0) is 17.6. The van der Waals surface area contributed by atoms with E-state index in [4.69, 9.17) is 24.5 Å². The molecule has 1 aliphatic heterocycles. The van der Waals surface area contributed by atoms with Crippen LogP contribution in [0, 0.1) is 0 Å². The second kappa shape index (κ2) is 8.30. The van der Waals surface area contributed by atoms with Crippen molar-refractivity contribution in [2.24, 2.45) is 5.11 Å². The second-order valence-electron chi connectivity index (χ2n) is 4.67. The normalized spacial score (nSPS) is 29.8. The van der Waals surface area contributed by atoms with Crippen LogP contribution in [-0.4, -0.2) is 55.2 Å². The molecule has 23 heavy (non-hydrogen) atoms. The highest BCUT2D eigenvalue weighted by Gasteiger charge is 2.50. The molecule has 128 valence electrons. The van der Waals surface area contributed by atoms with Crippen LogP contribution in [0.15, 0.2) is 5.11 Å². The highest BCUT2D eigenvalue weighted by molar-refractivity contribution is 5.67. The van der Waals surface area contributed by atoms with Gasteiger partial charge < -0.3 is 18.9 Å². The Hall–Kier alpha value is -2.39. The zero-order valence-electron chi connectivity index (χ0n) is 12.7. The molecule has 1 saturated heterocycles. The van der Waals surface area contributed by atoms with Crippen LogP contribution in [-0.2, 0) is 33.3 Å². The van der Waals surface area contributed by atoms with Crippen LogP contribution in [0.5, 0.6) is 0 Å². The lowest BCUT2D eigenvalue weighted by molar-refractivity contribution is -0.234. The molecule has 1 heterocycles. The summed E-state index contributed by atoms with van der Waals surface area (Å²) in [6.45, 7) is 2.84. The molecule has 11 heteroatoms. The SMILES string of the molecule is CC(=O)OC[C@H]1O[C@@H](N=[N+]=[N-])[C@@H](F)[C@@H](OC(C)=O)[C@@H]1OC(C)=O. The lowest BCUT2D eigenvalue weighted by Gasteiger charge is -2.40. The summed E-state index contributed by atoms with van der Waals surface area (Å²) in [5.41, 5.74) is 8.45. The van der Waals surface area contributed by atoms with Crippen LogP contribution in [0.25, 0.3) is 10.4 Å². The molecule has 0 unspecified atom stereocenters. The minimum atomic E-state index is -2.06. The maximum Gasteiger partial charge on any atom is 0.303 e. The molecule has 0 spiro atoms. The number of esters is 3. The van der Waals surface area contributed by atoms with E-state index in [-0.39, 0.29) is 0 Å². The van der Waals surface area contributed by atoms with Gasteiger partial charge in [-0.05, 0) is 5.53 Å². The van der Waals surface area contributed by atoms with E-state index in [2.05, 4.69) is 10.0 Å². The number of carbonyl (C=O) groups is 3. The van der Waals surface area contributed by atoms with Gasteiger partial charge >= 0.3 is 17.9 Å². The van der Waals surface area contributed by atoms with E-state index in [1.165, 1.54) is 0 Å². The molecular weight excluding hydrogens is 317 g/mol. The Morgan fingerprint density at radius 3 is 2.17 bits per heavy atom. The summed E-state index contributed by atoms with van der Waals surface area (Å²) in [6, 6.07) is 0. The summed E-state index contributed by atoms with van der Waals surface area (Å²) in [4.78, 5) is 35.7. The first-order valence-corrected chi connectivity index (χ1v) is 6.57. The van der Waals surface area contributed by atoms with Crippen molar-refractivity contribution in [3.63, 3.8) is 0 Å². The fraction of sp³-hybridized carbons (Fsp3) is 0.750. The summed E-state index contributed by atoms with van der Waals surface area (Å²) in [7, 11) is 0. The molecule has 0 aromatic rings. The van der Waals surface area contributed by atoms with E-state index in [1.807, 2.05) is 0 Å². The number of azide groups is 1. The average molecular weight is 333 g/mol. The number of rotatable bonds is 5. The van der Waals surface area contributed by atoms with Gasteiger partial charge in [-0.15, -0.1) is 0 Å². The van der Waals surface area contributed by atoms with Crippen LogP contribution in [0.3, 0.4) is 0 Å². The molecule has 0 aliphatic carbocycles. The largest absolute Gasteiger partial charge is 0.463 e. The van der Waals surface area contributed by atoms with Gasteiger partial charge in [0, 0.05) is 25.7 Å². The van der Waals surface area contributed by atoms with Gasteiger partial charge in [0.1, 0.15) is 12.7 Å². The Kier molecular flexibility index (Phi) is 6.73. The Morgan fingerprint density at radius 1 is 1.13 bits per heavy atom. The number of hydrogen-bond donors (Lipinski definition) is 0. The monoisotopic (exact) mass is 333 g/mol. The molecule has 0 N–H and O–H groups in total. The van der Waals surface area contributed by atoms with E-state index >= 15 is 0 Å². The first kappa shape index (κ1) is 18.7. The molecule has 0 radical (unpaired) electrons. The molecular formula is C12H16FN3O7. The van der Waals surface area contributed by atoms with E-state index in [0.29, 0.717) is 0 Å². The van der Waals surface area contributed by atoms with Crippen molar-refractivity contribution >= 4 is 17.9 Å². The van der Waals surface area contributed by atoms with E-state index in [9.17, 15) is 18.8 Å². The number of nitrogens with zero attached hydrogens (tertiary/aromatic N) is 3. The van der Waals surface area contributed by atoms with Crippen LogP contribution in [0.1, 0.15) is 20.8 Å². The Balaban J connectivity index is 3.09. The van der Waals surface area contributed by atoms with Gasteiger partial charge in [0.15, 0.2) is 24.6 Å². The third-order valence-electron chi connectivity index (χ3n) is 2.81. The lowest BCUT2D eigenvalue weighted by atomic mass is 9.99. The smallest absolute Gasteiger partial charge is 0.303 e. The van der Waals surface area contributed by atoms with Crippen molar-refractivity contribution in [3.05, 3.63) is 10.4 Å². The first-order valence-electron chi connectivity index (χ1n) is 6.57. The quantitative estimate of drug-likeness (QED) is 0.238. The van der Waals surface area contributed by atoms with E-state index in [0.717, 1.165) is 20.8 Å². The number of carbonyl (C=O) groups excluding carboxylic acids is 3. The topological polar surface area (TPSA) is 137 Å². The Bertz CT molecular complexity index is 523. The van der Waals surface area contributed by atoms with Crippen molar-refractivity contribution in [2.75, 3.05) is 6.61 Å². The average Bonchev–Trinajstić information content (AvgIpc) is 2.43. The second-order valence-corrected chi connectivity index (χ2v) is 4.67. The fourth-order valence-corrected chi connectivity index (χ4v) is 2.02. The molecule has 0 bridgehead atoms. The van der Waals surface area contributed by atoms with Gasteiger partial charge in [0.25, 0.3) is 0 Å². The molecule has 1 aliphatic rings. The predicted molar refractivity (Wildman–Crippen MR) is 70.4 cm³/mol. The van der Waals surface area contributed by atoms with Crippen LogP contribution in [0.2, 0.25) is 0 Å². The fourth-order valence-electron chi connectivity index (χ4n) is 2.02. The van der Waals surface area contributed by atoms with E-state index < -0.39 is 55.2 Å². The Morgan fingerprint density at radius 2 is 1.70 bits per heavy atom. The Labute approximate surface area is 130 Å². The summed E-state index contributed by atoms with van der Waals surface area (Å²) < 4.78 is 34.1. The maximum atomic E-state index is 14.4. The minimum Gasteiger partial charge on any atom is -0.463 e. The van der Waals surface area contributed by atoms with Crippen LogP contribution in [0.4, 0.5) is 4.39 Å². The van der Waals surface area contributed by atoms with Crippen LogP contribution < -0.4 is 0 Å². The van der Waals surface area contributed by atoms with E-state index in [1.54, 1.807) is 0 Å². The van der Waals surface area contributed by atoms with Crippen molar-refractivity contribution in [1.29, 1.82) is 0 Å². The van der Waals surface area contributed by atoms with Gasteiger partial charge in [-0.1, -0.05) is 5.11 Å². The number of ether oxygens (including phenoxy) is 4. The molecule has 0 aromatic heterocycles. The summed E-state index contributed by atoms with van der Waals surface area (Å²) in [5.74, 6) is -2.26. The van der Waals surface area contributed by atoms with Gasteiger partial charge in [0.2, 0.25) is 0 Å². The van der Waals surface area contributed by atoms with Crippen molar-refractivity contribution < 1.29 is 37.7 Å². The number of halogens is 1. The summed E-state index contributed by atoms with van der Waals surface area (Å²) in [6.07, 6.45) is -7.80. The van der Waals surface area contributed by atoms with Gasteiger partial charge in [-0.2, -0.15) is 0 Å². The van der Waals surface area contributed by atoms with Crippen molar-refractivity contribution in [1.82, 2.24) is 0 Å². The summed E-state index contributed by atoms with van der Waals surface area (Å²) >= 11 is 0. The van der Waals surface area contributed by atoms with Gasteiger partial charge in [-0.3, -0.25) is 14.4 Å². The molecule has 10 nitrogen and oxygen atoms in total. The van der Waals surface area contributed by atoms with Crippen molar-refractivity contribution in [2.45, 2.75) is 51.5 Å². The molecule has 1 rings (SSSR count). The standard InChI is InChI=1S/C12H16FN3O7/c1-5(17)20-4-8-10(21-6(2)18)11(22-7(3)19)9(13)12(23-8)15-16-14/h8-12H,4H2,1-3H3/t8-,9+,10-,11-,12-/m1/s1. The number of alkyl halides is 1. The van der Waals surface area contributed by atoms with Crippen molar-refractivity contribution in [3.8, 4) is 0 Å². The molecule has 0 saturated carbocycles.